The Morgan fingerprint density at radius 2 is 2.28 bits per heavy atom. The van der Waals surface area contributed by atoms with Crippen molar-refractivity contribution < 1.29 is 4.57 Å². The number of halogens is 1. The molecule has 0 atom stereocenters. The van der Waals surface area contributed by atoms with Gasteiger partial charge in [0, 0.05) is 5.02 Å². The van der Waals surface area contributed by atoms with Crippen LogP contribution < -0.4 is 16.1 Å². The number of hydrogen-bond donors (Lipinski definition) is 3. The average molecular weight is 321 g/mol. The largest absolute Gasteiger partial charge is 0.307 e. The quantitative estimate of drug-likeness (QED) is 0.594. The molecule has 0 aliphatic heterocycles. The van der Waals surface area contributed by atoms with Gasteiger partial charge in [-0.1, -0.05) is 23.8 Å². The van der Waals surface area contributed by atoms with E-state index in [0.29, 0.717) is 16.4 Å². The minimum Gasteiger partial charge on any atom is -0.307 e. The van der Waals surface area contributed by atoms with Gasteiger partial charge in [0.1, 0.15) is 5.01 Å². The highest BCUT2D eigenvalue weighted by Gasteiger charge is 2.12. The van der Waals surface area contributed by atoms with Gasteiger partial charge >= 0.3 is 0 Å². The molecule has 18 heavy (non-hydrogen) atoms. The Labute approximate surface area is 118 Å². The summed E-state index contributed by atoms with van der Waals surface area (Å²) < 4.78 is 12.2. The second-order valence-corrected chi connectivity index (χ2v) is 7.33. The molecule has 0 fully saturated rings. The molecule has 96 valence electrons. The highest BCUT2D eigenvalue weighted by Crippen LogP contribution is 2.26. The molecule has 0 bridgehead atoms. The van der Waals surface area contributed by atoms with Crippen LogP contribution in [0, 0.1) is 0 Å². The van der Waals surface area contributed by atoms with Crippen molar-refractivity contribution >= 4 is 58.0 Å². The highest BCUT2D eigenvalue weighted by molar-refractivity contribution is 7.81. The van der Waals surface area contributed by atoms with E-state index in [4.69, 9.17) is 34.8 Å². The number of rotatable bonds is 3. The summed E-state index contributed by atoms with van der Waals surface area (Å²) in [6.45, 7) is 0. The van der Waals surface area contributed by atoms with Crippen LogP contribution in [-0.2, 0) is 11.0 Å². The lowest BCUT2D eigenvalue weighted by Crippen LogP contribution is -2.28. The molecule has 5 nitrogen and oxygen atoms in total. The molecule has 0 unspecified atom stereocenters. The first-order valence-corrected chi connectivity index (χ1v) is 8.31. The Morgan fingerprint density at radius 1 is 1.56 bits per heavy atom. The van der Waals surface area contributed by atoms with Crippen LogP contribution in [0.2, 0.25) is 5.02 Å². The van der Waals surface area contributed by atoms with E-state index in [1.165, 1.54) is 11.3 Å². The number of hydrogen-bond acceptors (Lipinski definition) is 4. The van der Waals surface area contributed by atoms with Crippen LogP contribution in [0.1, 0.15) is 5.01 Å². The maximum atomic E-state index is 11.2. The zero-order valence-electron chi connectivity index (χ0n) is 9.09. The summed E-state index contributed by atoms with van der Waals surface area (Å²) in [6.07, 6.45) is 0.352. The summed E-state index contributed by atoms with van der Waals surface area (Å²) in [5, 5.41) is 3.83. The monoisotopic (exact) mass is 320 g/mol. The number of benzene rings is 1. The predicted molar refractivity (Wildman–Crippen MR) is 80.0 cm³/mol. The number of nitrogens with one attached hydrogen (secondary N) is 1. The molecular weight excluding hydrogens is 311 g/mol. The van der Waals surface area contributed by atoms with E-state index in [1.54, 1.807) is 12.1 Å². The van der Waals surface area contributed by atoms with Crippen molar-refractivity contribution in [3.63, 3.8) is 0 Å². The third-order valence-corrected chi connectivity index (χ3v) is 4.29. The van der Waals surface area contributed by atoms with Gasteiger partial charge in [0.2, 0.25) is 0 Å². The second-order valence-electron chi connectivity index (χ2n) is 3.64. The zero-order valence-corrected chi connectivity index (χ0v) is 12.4. The first kappa shape index (κ1) is 13.9. The van der Waals surface area contributed by atoms with Crippen molar-refractivity contribution in [2.75, 3.05) is 0 Å². The molecule has 0 amide bonds. The number of nitrogens with zero attached hydrogens (tertiary/aromatic N) is 1. The van der Waals surface area contributed by atoms with Gasteiger partial charge in [-0.15, -0.1) is 11.3 Å². The van der Waals surface area contributed by atoms with Gasteiger partial charge in [-0.25, -0.2) is 4.98 Å². The average Bonchev–Trinajstić information content (AvgIpc) is 2.55. The highest BCUT2D eigenvalue weighted by atomic mass is 35.5. The normalized spacial score (nSPS) is 11.7. The first-order chi connectivity index (χ1) is 8.33. The topological polar surface area (TPSA) is 94.0 Å². The van der Waals surface area contributed by atoms with Gasteiger partial charge < -0.3 is 5.09 Å². The van der Waals surface area contributed by atoms with Crippen molar-refractivity contribution in [2.24, 2.45) is 11.0 Å². The fourth-order valence-corrected chi connectivity index (χ4v) is 3.65. The Hall–Kier alpha value is -0.560. The Kier molecular flexibility index (Phi) is 4.01. The molecule has 5 N–H and O–H groups in total. The lowest BCUT2D eigenvalue weighted by molar-refractivity contribution is 0.574. The summed E-state index contributed by atoms with van der Waals surface area (Å²) in [6, 6.07) is 5.48. The van der Waals surface area contributed by atoms with Gasteiger partial charge in [-0.05, 0) is 18.2 Å². The van der Waals surface area contributed by atoms with Crippen molar-refractivity contribution in [1.82, 2.24) is 10.1 Å². The first-order valence-electron chi connectivity index (χ1n) is 4.87. The van der Waals surface area contributed by atoms with E-state index in [-0.39, 0.29) is 0 Å². The number of fused-ring (bicyclic) bond motifs is 1. The third-order valence-electron chi connectivity index (χ3n) is 2.01. The fraction of sp³-hybridized carbons (Fsp3) is 0.111. The molecular formula is C9H10ClN4OPS2. The Bertz CT molecular complexity index is 653. The van der Waals surface area contributed by atoms with E-state index < -0.39 is 7.59 Å². The summed E-state index contributed by atoms with van der Waals surface area (Å²) in [5.41, 5.74) is 11.2. The minimum atomic E-state index is -3.34. The molecule has 0 saturated heterocycles. The van der Waals surface area contributed by atoms with E-state index in [9.17, 15) is 4.57 Å². The van der Waals surface area contributed by atoms with E-state index in [0.717, 1.165) is 15.2 Å². The molecule has 0 radical (unpaired) electrons. The lowest BCUT2D eigenvalue weighted by Gasteiger charge is -2.09. The van der Waals surface area contributed by atoms with Gasteiger partial charge in [-0.2, -0.15) is 0 Å². The van der Waals surface area contributed by atoms with E-state index in [1.807, 2.05) is 6.07 Å². The van der Waals surface area contributed by atoms with Crippen LogP contribution in [-0.4, -0.2) is 9.97 Å². The summed E-state index contributed by atoms with van der Waals surface area (Å²) in [4.78, 5) is 4.69. The standard InChI is InChI=1S/C9H10ClN4OPS2/c10-5-1-2-7-6(3-5)13-9(18-7)4-8(17)14-16(11,12)15/h1-3H,4H2,(H5,11,12,14,15,17). The number of aromatic nitrogens is 1. The van der Waals surface area contributed by atoms with Crippen molar-refractivity contribution in [3.05, 3.63) is 28.2 Å². The smallest absolute Gasteiger partial charge is 0.298 e. The molecule has 0 spiro atoms. The number of nitrogens with two attached hydrogens (primary N) is 2. The van der Waals surface area contributed by atoms with Crippen LogP contribution in [0.3, 0.4) is 0 Å². The third kappa shape index (κ3) is 3.71. The van der Waals surface area contributed by atoms with Crippen LogP contribution in [0.4, 0.5) is 0 Å². The van der Waals surface area contributed by atoms with Crippen LogP contribution >= 0.6 is 42.7 Å². The molecule has 2 rings (SSSR count). The van der Waals surface area contributed by atoms with Crippen LogP contribution in [0.25, 0.3) is 10.2 Å². The van der Waals surface area contributed by atoms with Crippen molar-refractivity contribution in [3.8, 4) is 0 Å². The molecule has 0 aliphatic carbocycles. The molecule has 0 saturated carbocycles. The zero-order chi connectivity index (χ0) is 13.3. The van der Waals surface area contributed by atoms with Crippen molar-refractivity contribution in [1.29, 1.82) is 0 Å². The maximum Gasteiger partial charge on any atom is 0.298 e. The summed E-state index contributed by atoms with van der Waals surface area (Å²) in [7, 11) is -3.34. The number of thiocarbonyl (C=S) groups is 1. The van der Waals surface area contributed by atoms with Gasteiger partial charge in [0.25, 0.3) is 7.59 Å². The molecule has 1 heterocycles. The number of thiazole rings is 1. The summed E-state index contributed by atoms with van der Waals surface area (Å²) in [5.74, 6) is 0. The molecule has 9 heteroatoms. The molecule has 0 aliphatic rings. The minimum absolute atomic E-state index is 0.313. The second kappa shape index (κ2) is 5.21. The fourth-order valence-electron chi connectivity index (χ4n) is 1.40. The van der Waals surface area contributed by atoms with Crippen LogP contribution in [0.15, 0.2) is 18.2 Å². The van der Waals surface area contributed by atoms with Gasteiger partial charge in [0.05, 0.1) is 21.6 Å². The predicted octanol–water partition coefficient (Wildman–Crippen LogP) is 2.43. The van der Waals surface area contributed by atoms with Gasteiger partial charge in [-0.3, -0.25) is 15.6 Å². The maximum absolute atomic E-state index is 11.2. The molecule has 1 aromatic carbocycles. The Balaban J connectivity index is 2.17. The van der Waals surface area contributed by atoms with Crippen LogP contribution in [0.5, 0.6) is 0 Å². The molecule has 2 aromatic rings. The van der Waals surface area contributed by atoms with Crippen molar-refractivity contribution in [2.45, 2.75) is 6.42 Å². The van der Waals surface area contributed by atoms with E-state index >= 15 is 0 Å². The summed E-state index contributed by atoms with van der Waals surface area (Å²) >= 11 is 12.4. The lowest BCUT2D eigenvalue weighted by atomic mass is 10.3. The van der Waals surface area contributed by atoms with Gasteiger partial charge in [0.15, 0.2) is 0 Å². The van der Waals surface area contributed by atoms with E-state index in [2.05, 4.69) is 10.1 Å². The Morgan fingerprint density at radius 3 is 2.94 bits per heavy atom. The SMILES string of the molecule is NP(N)(=O)NC(=S)Cc1nc2cc(Cl)ccc2s1. The molecule has 1 aromatic heterocycles.